The van der Waals surface area contributed by atoms with E-state index in [1.807, 2.05) is 13.8 Å². The van der Waals surface area contributed by atoms with Crippen molar-refractivity contribution in [3.63, 3.8) is 0 Å². The highest BCUT2D eigenvalue weighted by Gasteiger charge is 2.25. The van der Waals surface area contributed by atoms with E-state index >= 15 is 0 Å². The molecule has 0 fully saturated rings. The lowest BCUT2D eigenvalue weighted by Crippen LogP contribution is -2.47. The molecule has 0 saturated carbocycles. The summed E-state index contributed by atoms with van der Waals surface area (Å²) in [4.78, 5) is 25.0. The highest BCUT2D eigenvalue weighted by atomic mass is 19.1. The van der Waals surface area contributed by atoms with Crippen molar-refractivity contribution in [1.29, 1.82) is 0 Å². The SMILES string of the molecule is CCC(C)C[C@H](NC(=O)/C(C)=C/C(C)O)C(=O)NC1=CCC=C(F)C=C1O. The van der Waals surface area contributed by atoms with Crippen LogP contribution in [0.25, 0.3) is 0 Å². The van der Waals surface area contributed by atoms with Crippen LogP contribution < -0.4 is 10.6 Å². The van der Waals surface area contributed by atoms with Gasteiger partial charge in [0.1, 0.15) is 17.6 Å². The van der Waals surface area contributed by atoms with Crippen LogP contribution in [0.3, 0.4) is 0 Å². The first-order valence-electron chi connectivity index (χ1n) is 9.09. The van der Waals surface area contributed by atoms with Crippen LogP contribution in [0, 0.1) is 5.92 Å². The lowest BCUT2D eigenvalue weighted by Gasteiger charge is -2.22. The molecule has 0 aromatic carbocycles. The Balaban J connectivity index is 2.93. The first-order chi connectivity index (χ1) is 12.6. The summed E-state index contributed by atoms with van der Waals surface area (Å²) in [5.41, 5.74) is 0.401. The highest BCUT2D eigenvalue weighted by Crippen LogP contribution is 2.16. The van der Waals surface area contributed by atoms with Gasteiger partial charge in [-0.3, -0.25) is 9.59 Å². The zero-order valence-corrected chi connectivity index (χ0v) is 16.3. The van der Waals surface area contributed by atoms with Crippen molar-refractivity contribution < 1.29 is 24.2 Å². The zero-order valence-electron chi connectivity index (χ0n) is 16.3. The van der Waals surface area contributed by atoms with Gasteiger partial charge in [-0.25, -0.2) is 4.39 Å². The summed E-state index contributed by atoms with van der Waals surface area (Å²) in [5, 5.41) is 24.5. The van der Waals surface area contributed by atoms with Gasteiger partial charge in [0, 0.05) is 11.6 Å². The number of allylic oxidation sites excluding steroid dienone is 4. The molecule has 7 heteroatoms. The fourth-order valence-electron chi connectivity index (χ4n) is 2.51. The molecule has 0 bridgehead atoms. The van der Waals surface area contributed by atoms with Crippen molar-refractivity contribution in [2.75, 3.05) is 0 Å². The minimum Gasteiger partial charge on any atom is -0.506 e. The van der Waals surface area contributed by atoms with E-state index in [0.29, 0.717) is 12.0 Å². The molecule has 27 heavy (non-hydrogen) atoms. The predicted octanol–water partition coefficient (Wildman–Crippen LogP) is 2.93. The third kappa shape index (κ3) is 7.78. The Hall–Kier alpha value is -2.41. The molecule has 0 aliphatic heterocycles. The smallest absolute Gasteiger partial charge is 0.247 e. The second kappa shape index (κ2) is 10.7. The summed E-state index contributed by atoms with van der Waals surface area (Å²) in [5.74, 6) is -1.75. The summed E-state index contributed by atoms with van der Waals surface area (Å²) in [6.07, 6.45) is 5.76. The zero-order chi connectivity index (χ0) is 20.6. The number of hydrogen-bond donors (Lipinski definition) is 4. The number of aliphatic hydroxyl groups excluding tert-OH is 2. The average Bonchev–Trinajstić information content (AvgIpc) is 2.73. The standard InChI is InChI=1S/C20H29FN2O4/c1-5-12(2)9-17(23-19(26)13(3)10-14(4)24)20(27)22-16-8-6-7-15(21)11-18(16)25/h7-8,10-12,14,17,24-25H,5-6,9H2,1-4H3,(H,22,27)(H,23,26)/b13-10+/t12?,14?,17-/m0/s1. The Morgan fingerprint density at radius 3 is 2.59 bits per heavy atom. The van der Waals surface area contributed by atoms with Gasteiger partial charge < -0.3 is 20.8 Å². The number of aliphatic hydroxyl groups is 2. The van der Waals surface area contributed by atoms with Gasteiger partial charge in [0.05, 0.1) is 11.8 Å². The maximum Gasteiger partial charge on any atom is 0.247 e. The number of hydrogen-bond acceptors (Lipinski definition) is 4. The summed E-state index contributed by atoms with van der Waals surface area (Å²) in [6, 6.07) is -0.834. The lowest BCUT2D eigenvalue weighted by molar-refractivity contribution is -0.127. The Morgan fingerprint density at radius 2 is 2.00 bits per heavy atom. The maximum atomic E-state index is 13.3. The van der Waals surface area contributed by atoms with Gasteiger partial charge in [0.25, 0.3) is 0 Å². The summed E-state index contributed by atoms with van der Waals surface area (Å²) >= 11 is 0. The van der Waals surface area contributed by atoms with Crippen LogP contribution >= 0.6 is 0 Å². The van der Waals surface area contributed by atoms with Gasteiger partial charge in [0.15, 0.2) is 0 Å². The normalized spacial score (nSPS) is 18.3. The molecule has 0 aromatic rings. The highest BCUT2D eigenvalue weighted by molar-refractivity contribution is 5.96. The van der Waals surface area contributed by atoms with E-state index in [4.69, 9.17) is 0 Å². The van der Waals surface area contributed by atoms with Gasteiger partial charge in [-0.15, -0.1) is 0 Å². The molecule has 0 heterocycles. The van der Waals surface area contributed by atoms with Gasteiger partial charge in [-0.1, -0.05) is 26.3 Å². The third-order valence-electron chi connectivity index (χ3n) is 4.25. The Kier molecular flexibility index (Phi) is 8.94. The monoisotopic (exact) mass is 380 g/mol. The molecule has 6 nitrogen and oxygen atoms in total. The molecule has 0 saturated heterocycles. The van der Waals surface area contributed by atoms with Crippen molar-refractivity contribution in [2.45, 2.75) is 59.1 Å². The van der Waals surface area contributed by atoms with Crippen molar-refractivity contribution in [2.24, 2.45) is 5.92 Å². The van der Waals surface area contributed by atoms with Crippen molar-refractivity contribution in [1.82, 2.24) is 10.6 Å². The predicted molar refractivity (Wildman–Crippen MR) is 102 cm³/mol. The average molecular weight is 380 g/mol. The molecule has 0 radical (unpaired) electrons. The molecule has 2 amide bonds. The molecule has 150 valence electrons. The second-order valence-corrected chi connectivity index (χ2v) is 6.83. The summed E-state index contributed by atoms with van der Waals surface area (Å²) < 4.78 is 13.3. The van der Waals surface area contributed by atoms with E-state index in [-0.39, 0.29) is 23.8 Å². The Morgan fingerprint density at radius 1 is 1.33 bits per heavy atom. The van der Waals surface area contributed by atoms with Gasteiger partial charge in [-0.2, -0.15) is 0 Å². The summed E-state index contributed by atoms with van der Waals surface area (Å²) in [7, 11) is 0. The Bertz CT molecular complexity index is 677. The minimum atomic E-state index is -0.834. The number of rotatable bonds is 8. The summed E-state index contributed by atoms with van der Waals surface area (Å²) in [6.45, 7) is 7.03. The van der Waals surface area contributed by atoms with Crippen molar-refractivity contribution in [3.05, 3.63) is 47.2 Å². The molecule has 2 unspecified atom stereocenters. The Labute approximate surface area is 159 Å². The third-order valence-corrected chi connectivity index (χ3v) is 4.25. The largest absolute Gasteiger partial charge is 0.506 e. The number of carbonyl (C=O) groups is 2. The molecular weight excluding hydrogens is 351 g/mol. The van der Waals surface area contributed by atoms with Crippen LogP contribution in [0.2, 0.25) is 0 Å². The molecule has 4 N–H and O–H groups in total. The molecule has 3 atom stereocenters. The quantitative estimate of drug-likeness (QED) is 0.487. The van der Waals surface area contributed by atoms with Crippen LogP contribution in [0.15, 0.2) is 47.2 Å². The van der Waals surface area contributed by atoms with E-state index in [2.05, 4.69) is 10.6 Å². The second-order valence-electron chi connectivity index (χ2n) is 6.83. The molecular formula is C20H29FN2O4. The van der Waals surface area contributed by atoms with E-state index in [0.717, 1.165) is 12.5 Å². The maximum absolute atomic E-state index is 13.3. The number of nitrogens with one attached hydrogen (secondary N) is 2. The van der Waals surface area contributed by atoms with Gasteiger partial charge in [-0.05, 0) is 44.8 Å². The van der Waals surface area contributed by atoms with Crippen LogP contribution in [-0.4, -0.2) is 34.2 Å². The molecule has 1 rings (SSSR count). The van der Waals surface area contributed by atoms with E-state index in [1.165, 1.54) is 25.2 Å². The fourth-order valence-corrected chi connectivity index (χ4v) is 2.51. The molecule has 1 aliphatic carbocycles. The topological polar surface area (TPSA) is 98.7 Å². The van der Waals surface area contributed by atoms with Crippen LogP contribution in [0.4, 0.5) is 4.39 Å². The number of amides is 2. The number of carbonyl (C=O) groups excluding carboxylic acids is 2. The van der Waals surface area contributed by atoms with Crippen LogP contribution in [0.1, 0.15) is 47.0 Å². The number of halogens is 1. The van der Waals surface area contributed by atoms with Crippen molar-refractivity contribution in [3.8, 4) is 0 Å². The molecule has 0 aromatic heterocycles. The fraction of sp³-hybridized carbons (Fsp3) is 0.500. The van der Waals surface area contributed by atoms with Gasteiger partial charge in [0.2, 0.25) is 11.8 Å². The minimum absolute atomic E-state index is 0.101. The van der Waals surface area contributed by atoms with Crippen molar-refractivity contribution >= 4 is 11.8 Å². The first kappa shape index (κ1) is 22.6. The first-order valence-corrected chi connectivity index (χ1v) is 9.09. The van der Waals surface area contributed by atoms with E-state index in [1.54, 1.807) is 6.92 Å². The van der Waals surface area contributed by atoms with Crippen LogP contribution in [-0.2, 0) is 9.59 Å². The van der Waals surface area contributed by atoms with E-state index in [9.17, 15) is 24.2 Å². The molecule has 1 aliphatic rings. The molecule has 0 spiro atoms. The van der Waals surface area contributed by atoms with Crippen LogP contribution in [0.5, 0.6) is 0 Å². The van der Waals surface area contributed by atoms with E-state index < -0.39 is 29.8 Å². The lowest BCUT2D eigenvalue weighted by atomic mass is 9.98. The van der Waals surface area contributed by atoms with Gasteiger partial charge >= 0.3 is 0 Å².